The predicted molar refractivity (Wildman–Crippen MR) is 54.5 cm³/mol. The minimum absolute atomic E-state index is 0.124. The van der Waals surface area contributed by atoms with Crippen molar-refractivity contribution in [3.05, 3.63) is 30.1 Å². The molecular formula is C9H7FN2OS. The summed E-state index contributed by atoms with van der Waals surface area (Å²) in [6.45, 7) is 0.205. The first kappa shape index (κ1) is 9.08. The molecule has 5 heteroatoms. The summed E-state index contributed by atoms with van der Waals surface area (Å²) >= 11 is 4.93. The topological polar surface area (TPSA) is 32.3 Å². The van der Waals surface area contributed by atoms with Crippen LogP contribution in [0.2, 0.25) is 0 Å². The lowest BCUT2D eigenvalue weighted by Gasteiger charge is -2.13. The van der Waals surface area contributed by atoms with E-state index in [9.17, 15) is 9.18 Å². The van der Waals surface area contributed by atoms with E-state index in [2.05, 4.69) is 5.32 Å². The average Bonchev–Trinajstić information content (AvgIpc) is 2.49. The molecule has 0 saturated carbocycles. The van der Waals surface area contributed by atoms with Gasteiger partial charge >= 0.3 is 0 Å². The lowest BCUT2D eigenvalue weighted by Crippen LogP contribution is -2.30. The van der Waals surface area contributed by atoms with Gasteiger partial charge in [-0.2, -0.15) is 0 Å². The third kappa shape index (κ3) is 1.46. The highest BCUT2D eigenvalue weighted by Crippen LogP contribution is 2.17. The van der Waals surface area contributed by atoms with Crippen molar-refractivity contribution in [2.75, 3.05) is 11.4 Å². The summed E-state index contributed by atoms with van der Waals surface area (Å²) in [4.78, 5) is 12.7. The summed E-state index contributed by atoms with van der Waals surface area (Å²) in [5.41, 5.74) is 0.589. The van der Waals surface area contributed by atoms with Gasteiger partial charge < -0.3 is 5.32 Å². The van der Waals surface area contributed by atoms with Crippen molar-refractivity contribution < 1.29 is 9.18 Å². The maximum absolute atomic E-state index is 12.6. The molecule has 2 rings (SSSR count). The van der Waals surface area contributed by atoms with Gasteiger partial charge in [0.1, 0.15) is 5.82 Å². The summed E-state index contributed by atoms with van der Waals surface area (Å²) in [5.74, 6) is -0.458. The van der Waals surface area contributed by atoms with Gasteiger partial charge in [-0.3, -0.25) is 9.69 Å². The zero-order valence-electron chi connectivity index (χ0n) is 7.16. The minimum Gasteiger partial charge on any atom is -0.353 e. The molecule has 0 bridgehead atoms. The van der Waals surface area contributed by atoms with Crippen molar-refractivity contribution in [3.63, 3.8) is 0 Å². The maximum Gasteiger partial charge on any atom is 0.252 e. The van der Waals surface area contributed by atoms with Crippen LogP contribution in [0.1, 0.15) is 0 Å². The van der Waals surface area contributed by atoms with Gasteiger partial charge in [0.05, 0.1) is 12.2 Å². The second-order valence-corrected chi connectivity index (χ2v) is 3.25. The maximum atomic E-state index is 12.6. The number of carbonyl (C=O) groups excluding carboxylic acids is 1. The Hall–Kier alpha value is -1.49. The van der Waals surface area contributed by atoms with Crippen LogP contribution in [0.5, 0.6) is 0 Å². The first-order chi connectivity index (χ1) is 6.68. The quantitative estimate of drug-likeness (QED) is 0.703. The van der Waals surface area contributed by atoms with Gasteiger partial charge in [-0.25, -0.2) is 4.39 Å². The number of amides is 1. The third-order valence-electron chi connectivity index (χ3n) is 1.93. The van der Waals surface area contributed by atoms with E-state index in [4.69, 9.17) is 12.2 Å². The van der Waals surface area contributed by atoms with Gasteiger partial charge in [0.15, 0.2) is 5.11 Å². The van der Waals surface area contributed by atoms with E-state index < -0.39 is 0 Å². The van der Waals surface area contributed by atoms with E-state index >= 15 is 0 Å². The molecule has 0 spiro atoms. The summed E-state index contributed by atoms with van der Waals surface area (Å²) in [6, 6.07) is 5.63. The summed E-state index contributed by atoms with van der Waals surface area (Å²) in [7, 11) is 0. The summed E-state index contributed by atoms with van der Waals surface area (Å²) in [6.07, 6.45) is 0. The largest absolute Gasteiger partial charge is 0.353 e. The van der Waals surface area contributed by atoms with Gasteiger partial charge in [0.2, 0.25) is 0 Å². The number of nitrogens with zero attached hydrogens (tertiary/aromatic N) is 1. The lowest BCUT2D eigenvalue weighted by atomic mass is 10.3. The Kier molecular flexibility index (Phi) is 2.17. The predicted octanol–water partition coefficient (Wildman–Crippen LogP) is 1.05. The van der Waals surface area contributed by atoms with Gasteiger partial charge in [-0.1, -0.05) is 0 Å². The number of rotatable bonds is 1. The zero-order valence-corrected chi connectivity index (χ0v) is 7.97. The number of thiocarbonyl (C=S) groups is 1. The highest BCUT2D eigenvalue weighted by Gasteiger charge is 2.26. The highest BCUT2D eigenvalue weighted by atomic mass is 32.1. The van der Waals surface area contributed by atoms with Crippen molar-refractivity contribution in [2.24, 2.45) is 0 Å². The van der Waals surface area contributed by atoms with E-state index in [0.717, 1.165) is 0 Å². The molecule has 1 N–H and O–H groups in total. The molecule has 1 fully saturated rings. The molecule has 1 aliphatic rings. The van der Waals surface area contributed by atoms with Crippen molar-refractivity contribution in [2.45, 2.75) is 0 Å². The van der Waals surface area contributed by atoms with Crippen molar-refractivity contribution >= 4 is 28.9 Å². The SMILES string of the molecule is O=C1CNC(=S)N1c1ccc(F)cc1. The van der Waals surface area contributed by atoms with Crippen LogP contribution >= 0.6 is 12.2 Å². The van der Waals surface area contributed by atoms with Gasteiger partial charge in [-0.05, 0) is 36.5 Å². The number of nitrogens with one attached hydrogen (secondary N) is 1. The monoisotopic (exact) mass is 210 g/mol. The molecule has 1 aromatic rings. The fourth-order valence-corrected chi connectivity index (χ4v) is 1.55. The smallest absolute Gasteiger partial charge is 0.252 e. The van der Waals surface area contributed by atoms with Crippen LogP contribution < -0.4 is 10.2 Å². The third-order valence-corrected chi connectivity index (χ3v) is 2.26. The number of hydrogen-bond donors (Lipinski definition) is 1. The molecule has 0 aromatic heterocycles. The van der Waals surface area contributed by atoms with E-state index in [1.54, 1.807) is 0 Å². The van der Waals surface area contributed by atoms with Crippen molar-refractivity contribution in [1.29, 1.82) is 0 Å². The van der Waals surface area contributed by atoms with E-state index in [0.29, 0.717) is 10.8 Å². The Morgan fingerprint density at radius 1 is 1.36 bits per heavy atom. The van der Waals surface area contributed by atoms with E-state index in [1.165, 1.54) is 29.2 Å². The van der Waals surface area contributed by atoms with Crippen molar-refractivity contribution in [1.82, 2.24) is 5.32 Å². The molecule has 14 heavy (non-hydrogen) atoms. The van der Waals surface area contributed by atoms with Crippen LogP contribution in [0.15, 0.2) is 24.3 Å². The van der Waals surface area contributed by atoms with Gasteiger partial charge in [0.25, 0.3) is 5.91 Å². The Labute approximate surface area is 85.5 Å². The van der Waals surface area contributed by atoms with Gasteiger partial charge in [0, 0.05) is 0 Å². The second kappa shape index (κ2) is 3.34. The molecule has 0 aliphatic carbocycles. The molecule has 72 valence electrons. The Morgan fingerprint density at radius 2 is 2.00 bits per heavy atom. The highest BCUT2D eigenvalue weighted by molar-refractivity contribution is 7.80. The van der Waals surface area contributed by atoms with Crippen LogP contribution in [0.3, 0.4) is 0 Å². The zero-order chi connectivity index (χ0) is 10.1. The molecule has 3 nitrogen and oxygen atoms in total. The second-order valence-electron chi connectivity index (χ2n) is 2.86. The van der Waals surface area contributed by atoms with E-state index in [-0.39, 0.29) is 18.3 Å². The molecule has 0 radical (unpaired) electrons. The molecule has 0 atom stereocenters. The molecule has 1 amide bonds. The number of benzene rings is 1. The normalized spacial score (nSPS) is 15.9. The fraction of sp³-hybridized carbons (Fsp3) is 0.111. The molecule has 1 heterocycles. The minimum atomic E-state index is -0.334. The number of hydrogen-bond acceptors (Lipinski definition) is 2. The van der Waals surface area contributed by atoms with Crippen molar-refractivity contribution in [3.8, 4) is 0 Å². The van der Waals surface area contributed by atoms with Gasteiger partial charge in [-0.15, -0.1) is 0 Å². The number of anilines is 1. The molecular weight excluding hydrogens is 203 g/mol. The fourth-order valence-electron chi connectivity index (χ4n) is 1.27. The first-order valence-corrected chi connectivity index (χ1v) is 4.45. The molecule has 1 aliphatic heterocycles. The number of carbonyl (C=O) groups is 1. The standard InChI is InChI=1S/C9H7FN2OS/c10-6-1-3-7(4-2-6)12-8(13)5-11-9(12)14/h1-4H,5H2,(H,11,14). The van der Waals surface area contributed by atoms with Crippen LogP contribution in [0.4, 0.5) is 10.1 Å². The van der Waals surface area contributed by atoms with Crippen LogP contribution in [-0.4, -0.2) is 17.6 Å². The summed E-state index contributed by atoms with van der Waals surface area (Å²) in [5, 5.41) is 3.11. The Morgan fingerprint density at radius 3 is 2.50 bits per heavy atom. The molecule has 0 unspecified atom stereocenters. The Balaban J connectivity index is 2.34. The van der Waals surface area contributed by atoms with Crippen LogP contribution in [0, 0.1) is 5.82 Å². The average molecular weight is 210 g/mol. The first-order valence-electron chi connectivity index (χ1n) is 4.05. The van der Waals surface area contributed by atoms with E-state index in [1.807, 2.05) is 0 Å². The molecule has 1 saturated heterocycles. The lowest BCUT2D eigenvalue weighted by molar-refractivity contribution is -0.115. The summed E-state index contributed by atoms with van der Waals surface area (Å²) < 4.78 is 12.6. The Bertz CT molecular complexity index is 374. The molecule has 1 aromatic carbocycles. The van der Waals surface area contributed by atoms with Crippen LogP contribution in [-0.2, 0) is 4.79 Å². The van der Waals surface area contributed by atoms with Crippen LogP contribution in [0.25, 0.3) is 0 Å². The number of halogens is 1.